The molecule has 6 heteroatoms. The van der Waals surface area contributed by atoms with Gasteiger partial charge in [-0.2, -0.15) is 11.8 Å². The number of alkyl halides is 1. The first kappa shape index (κ1) is 14.8. The average molecular weight is 298 g/mol. The van der Waals surface area contributed by atoms with Crippen LogP contribution >= 0.6 is 27.7 Å². The molecule has 0 aliphatic carbocycles. The number of amides is 1. The highest BCUT2D eigenvalue weighted by molar-refractivity contribution is 9.09. The Bertz CT molecular complexity index is 223. The molecule has 0 aromatic heterocycles. The number of carbonyl (C=O) groups excluding carboxylic acids is 2. The molecule has 0 aromatic rings. The molecule has 0 aromatic carbocycles. The van der Waals surface area contributed by atoms with Crippen LogP contribution in [0.25, 0.3) is 0 Å². The molecule has 0 fully saturated rings. The maximum Gasteiger partial charge on any atom is 0.329 e. The van der Waals surface area contributed by atoms with Gasteiger partial charge in [0.15, 0.2) is 0 Å². The van der Waals surface area contributed by atoms with Crippen molar-refractivity contribution in [1.82, 2.24) is 5.32 Å². The summed E-state index contributed by atoms with van der Waals surface area (Å²) in [5.41, 5.74) is 0. The predicted octanol–water partition coefficient (Wildman–Crippen LogP) is 1.18. The maximum atomic E-state index is 11.3. The number of rotatable bonds is 6. The van der Waals surface area contributed by atoms with Crippen molar-refractivity contribution in [3.8, 4) is 0 Å². The summed E-state index contributed by atoms with van der Waals surface area (Å²) in [4.78, 5) is 22.5. The Hall–Kier alpha value is -0.230. The second kappa shape index (κ2) is 7.98. The minimum atomic E-state index is -0.552. The second-order valence-corrected chi connectivity index (χ2v) is 5.73. The molecule has 0 rings (SSSR count). The number of methoxy groups -OCH3 is 1. The van der Waals surface area contributed by atoms with E-state index < -0.39 is 12.0 Å². The van der Waals surface area contributed by atoms with Crippen LogP contribution in [-0.4, -0.2) is 41.4 Å². The molecule has 0 spiro atoms. The van der Waals surface area contributed by atoms with E-state index in [-0.39, 0.29) is 5.91 Å². The van der Waals surface area contributed by atoms with E-state index in [1.807, 2.05) is 6.92 Å². The van der Waals surface area contributed by atoms with Crippen molar-refractivity contribution in [3.63, 3.8) is 0 Å². The summed E-state index contributed by atoms with van der Waals surface area (Å²) in [6, 6.07) is -0.552. The van der Waals surface area contributed by atoms with Gasteiger partial charge >= 0.3 is 5.97 Å². The summed E-state index contributed by atoms with van der Waals surface area (Å²) in [7, 11) is 1.31. The molecule has 0 heterocycles. The zero-order valence-electron chi connectivity index (χ0n) is 9.08. The van der Waals surface area contributed by atoms with Gasteiger partial charge in [-0.3, -0.25) is 4.79 Å². The summed E-state index contributed by atoms with van der Waals surface area (Å²) < 4.78 is 4.59. The van der Waals surface area contributed by atoms with Gasteiger partial charge in [0.05, 0.1) is 7.11 Å². The molecule has 2 atom stereocenters. The van der Waals surface area contributed by atoms with Crippen LogP contribution in [0, 0.1) is 0 Å². The normalized spacial score (nSPS) is 14.1. The monoisotopic (exact) mass is 297 g/mol. The van der Waals surface area contributed by atoms with E-state index in [0.29, 0.717) is 10.6 Å². The minimum absolute atomic E-state index is 0.224. The Kier molecular flexibility index (Phi) is 7.86. The lowest BCUT2D eigenvalue weighted by Gasteiger charge is -2.15. The van der Waals surface area contributed by atoms with Crippen molar-refractivity contribution in [1.29, 1.82) is 0 Å². The molecule has 1 amide bonds. The number of ether oxygens (including phenoxy) is 1. The number of nitrogens with one attached hydrogen (secondary N) is 1. The van der Waals surface area contributed by atoms with Crippen LogP contribution in [-0.2, 0) is 14.3 Å². The molecule has 1 N–H and O–H groups in total. The van der Waals surface area contributed by atoms with E-state index in [0.717, 1.165) is 5.75 Å². The smallest absolute Gasteiger partial charge is 0.329 e. The molecule has 0 saturated heterocycles. The molecule has 0 saturated carbocycles. The van der Waals surface area contributed by atoms with Crippen LogP contribution in [0.5, 0.6) is 0 Å². The fourth-order valence-corrected chi connectivity index (χ4v) is 2.38. The van der Waals surface area contributed by atoms with Gasteiger partial charge < -0.3 is 10.1 Å². The highest BCUT2D eigenvalue weighted by atomic mass is 79.9. The van der Waals surface area contributed by atoms with Gasteiger partial charge in [0.25, 0.3) is 0 Å². The van der Waals surface area contributed by atoms with Gasteiger partial charge in [-0.15, -0.1) is 0 Å². The Labute approximate surface area is 103 Å². The van der Waals surface area contributed by atoms with Gasteiger partial charge in [0.1, 0.15) is 6.04 Å². The topological polar surface area (TPSA) is 55.4 Å². The lowest BCUT2D eigenvalue weighted by atomic mass is 10.3. The largest absolute Gasteiger partial charge is 0.467 e. The van der Waals surface area contributed by atoms with E-state index in [2.05, 4.69) is 26.0 Å². The van der Waals surface area contributed by atoms with Crippen LogP contribution in [0.15, 0.2) is 0 Å². The van der Waals surface area contributed by atoms with E-state index in [1.54, 1.807) is 11.8 Å². The predicted molar refractivity (Wildman–Crippen MR) is 65.3 cm³/mol. The summed E-state index contributed by atoms with van der Waals surface area (Å²) in [5, 5.41) is 2.55. The highest BCUT2D eigenvalue weighted by Crippen LogP contribution is 2.10. The van der Waals surface area contributed by atoms with Crippen molar-refractivity contribution < 1.29 is 14.3 Å². The molecule has 0 aliphatic heterocycles. The third-order valence-electron chi connectivity index (χ3n) is 1.50. The molecule has 4 nitrogen and oxygen atoms in total. The minimum Gasteiger partial charge on any atom is -0.467 e. The second-order valence-electron chi connectivity index (χ2n) is 3.09. The number of carbonyl (C=O) groups is 2. The van der Waals surface area contributed by atoms with Gasteiger partial charge in [-0.25, -0.2) is 4.79 Å². The number of thioether (sulfide) groups is 1. The SMILES string of the molecule is COC(=O)C(CSCC(C)Br)NC(C)=O. The molecular weight excluding hydrogens is 282 g/mol. The van der Waals surface area contributed by atoms with Gasteiger partial charge in [0.2, 0.25) is 5.91 Å². The summed E-state index contributed by atoms with van der Waals surface area (Å²) in [6.45, 7) is 3.41. The Morgan fingerprint density at radius 3 is 2.47 bits per heavy atom. The third-order valence-corrected chi connectivity index (χ3v) is 3.55. The van der Waals surface area contributed by atoms with Crippen molar-refractivity contribution in [3.05, 3.63) is 0 Å². The van der Waals surface area contributed by atoms with Gasteiger partial charge in [0, 0.05) is 23.3 Å². The molecule has 88 valence electrons. The lowest BCUT2D eigenvalue weighted by Crippen LogP contribution is -2.42. The molecule has 2 unspecified atom stereocenters. The fraction of sp³-hybridized carbons (Fsp3) is 0.778. The summed E-state index contributed by atoms with van der Waals surface area (Å²) >= 11 is 5.00. The standard InChI is InChI=1S/C9H16BrNO3S/c1-6(10)4-15-5-8(9(13)14-3)11-7(2)12/h6,8H,4-5H2,1-3H3,(H,11,12). The number of halogens is 1. The van der Waals surface area contributed by atoms with E-state index >= 15 is 0 Å². The zero-order valence-corrected chi connectivity index (χ0v) is 11.5. The lowest BCUT2D eigenvalue weighted by molar-refractivity contribution is -0.144. The Balaban J connectivity index is 4.01. The van der Waals surface area contributed by atoms with Crippen molar-refractivity contribution >= 4 is 39.6 Å². The summed E-state index contributed by atoms with van der Waals surface area (Å²) in [6.07, 6.45) is 0. The number of hydrogen-bond donors (Lipinski definition) is 1. The molecule has 0 bridgehead atoms. The average Bonchev–Trinajstić information content (AvgIpc) is 2.14. The first-order valence-electron chi connectivity index (χ1n) is 4.54. The maximum absolute atomic E-state index is 11.3. The highest BCUT2D eigenvalue weighted by Gasteiger charge is 2.19. The Morgan fingerprint density at radius 1 is 1.47 bits per heavy atom. The fourth-order valence-electron chi connectivity index (χ4n) is 0.905. The first-order chi connectivity index (χ1) is 6.97. The van der Waals surface area contributed by atoms with Crippen LogP contribution in [0.3, 0.4) is 0 Å². The third kappa shape index (κ3) is 7.67. The van der Waals surface area contributed by atoms with Gasteiger partial charge in [-0.05, 0) is 0 Å². The molecule has 0 aliphatic rings. The van der Waals surface area contributed by atoms with Crippen LogP contribution in [0.4, 0.5) is 0 Å². The van der Waals surface area contributed by atoms with Crippen molar-refractivity contribution in [2.75, 3.05) is 18.6 Å². The van der Waals surface area contributed by atoms with E-state index in [9.17, 15) is 9.59 Å². The van der Waals surface area contributed by atoms with Crippen LogP contribution in [0.2, 0.25) is 0 Å². The molecule has 15 heavy (non-hydrogen) atoms. The van der Waals surface area contributed by atoms with Crippen LogP contribution < -0.4 is 5.32 Å². The first-order valence-corrected chi connectivity index (χ1v) is 6.61. The molecular formula is C9H16BrNO3S. The van der Waals surface area contributed by atoms with E-state index in [4.69, 9.17) is 0 Å². The Morgan fingerprint density at radius 2 is 2.07 bits per heavy atom. The molecule has 0 radical (unpaired) electrons. The van der Waals surface area contributed by atoms with Crippen molar-refractivity contribution in [2.45, 2.75) is 24.7 Å². The van der Waals surface area contributed by atoms with Gasteiger partial charge in [-0.1, -0.05) is 22.9 Å². The zero-order chi connectivity index (χ0) is 11.8. The van der Waals surface area contributed by atoms with Crippen LogP contribution in [0.1, 0.15) is 13.8 Å². The van der Waals surface area contributed by atoms with E-state index in [1.165, 1.54) is 14.0 Å². The van der Waals surface area contributed by atoms with Crippen molar-refractivity contribution in [2.24, 2.45) is 0 Å². The quantitative estimate of drug-likeness (QED) is 0.591. The number of esters is 1. The summed E-state index contributed by atoms with van der Waals surface area (Å²) in [5.74, 6) is 0.785. The number of hydrogen-bond acceptors (Lipinski definition) is 4.